The number of hydrogen-bond donors (Lipinski definition) is 0. The van der Waals surface area contributed by atoms with Crippen molar-refractivity contribution in [2.45, 2.75) is 76.8 Å². The van der Waals surface area contributed by atoms with E-state index in [1.165, 1.54) is 63.6 Å². The number of amidine groups is 1. The number of fused-ring (bicyclic) bond motifs is 1. The van der Waals surface area contributed by atoms with Crippen molar-refractivity contribution < 1.29 is 4.92 Å². The van der Waals surface area contributed by atoms with E-state index in [1.807, 2.05) is 13.0 Å². The number of aryl methyl sites for hydroxylation is 1. The largest absolute Gasteiger partial charge is 0.354 e. The van der Waals surface area contributed by atoms with Crippen molar-refractivity contribution in [1.29, 1.82) is 0 Å². The maximum Gasteiger partial charge on any atom is 0.269 e. The molecule has 5 heteroatoms. The second kappa shape index (κ2) is 6.61. The van der Waals surface area contributed by atoms with E-state index in [4.69, 9.17) is 4.99 Å². The van der Waals surface area contributed by atoms with Crippen LogP contribution in [0.3, 0.4) is 0 Å². The van der Waals surface area contributed by atoms with Gasteiger partial charge in [-0.25, -0.2) is 4.99 Å². The fraction of sp³-hybridized carbons (Fsp3) is 0.682. The molecular weight excluding hydrogens is 338 g/mol. The zero-order valence-corrected chi connectivity index (χ0v) is 16.1. The van der Waals surface area contributed by atoms with Gasteiger partial charge in [0.05, 0.1) is 10.6 Å². The van der Waals surface area contributed by atoms with Crippen LogP contribution in [0.25, 0.3) is 0 Å². The van der Waals surface area contributed by atoms with E-state index in [0.29, 0.717) is 18.0 Å². The lowest BCUT2D eigenvalue weighted by molar-refractivity contribution is -0.384. The lowest BCUT2D eigenvalue weighted by Gasteiger charge is -2.41. The van der Waals surface area contributed by atoms with E-state index in [9.17, 15) is 10.1 Å². The number of benzene rings is 1. The molecule has 2 atom stereocenters. The maximum absolute atomic E-state index is 11.1. The Labute approximate surface area is 161 Å². The molecule has 0 spiro atoms. The Hall–Kier alpha value is -1.91. The third-order valence-corrected chi connectivity index (χ3v) is 7.48. The first kappa shape index (κ1) is 17.2. The number of nitro benzene ring substituents is 1. The van der Waals surface area contributed by atoms with Gasteiger partial charge in [-0.2, -0.15) is 0 Å². The van der Waals surface area contributed by atoms with Gasteiger partial charge >= 0.3 is 0 Å². The van der Waals surface area contributed by atoms with Crippen molar-refractivity contribution in [2.75, 3.05) is 0 Å². The smallest absolute Gasteiger partial charge is 0.269 e. The molecule has 4 bridgehead atoms. The van der Waals surface area contributed by atoms with Crippen LogP contribution in [0.15, 0.2) is 23.2 Å². The van der Waals surface area contributed by atoms with Crippen LogP contribution in [0.5, 0.6) is 0 Å². The predicted octanol–water partition coefficient (Wildman–Crippen LogP) is 5.39. The Morgan fingerprint density at radius 1 is 1.04 bits per heavy atom. The quantitative estimate of drug-likeness (QED) is 0.532. The number of non-ortho nitro benzene ring substituents is 1. The molecule has 3 saturated carbocycles. The molecule has 1 aromatic carbocycles. The molecule has 0 radical (unpaired) electrons. The van der Waals surface area contributed by atoms with E-state index >= 15 is 0 Å². The number of rotatable bonds is 3. The Kier molecular flexibility index (Phi) is 4.21. The summed E-state index contributed by atoms with van der Waals surface area (Å²) in [4.78, 5) is 18.7. The predicted molar refractivity (Wildman–Crippen MR) is 106 cm³/mol. The van der Waals surface area contributed by atoms with Gasteiger partial charge in [0, 0.05) is 30.1 Å². The molecule has 5 aliphatic rings. The monoisotopic (exact) mass is 367 g/mol. The van der Waals surface area contributed by atoms with Gasteiger partial charge in [0.2, 0.25) is 0 Å². The van der Waals surface area contributed by atoms with Crippen LogP contribution in [0, 0.1) is 34.8 Å². The third kappa shape index (κ3) is 3.05. The molecule has 144 valence electrons. The Morgan fingerprint density at radius 2 is 1.74 bits per heavy atom. The minimum atomic E-state index is -0.319. The molecule has 5 fully saturated rings. The maximum atomic E-state index is 11.1. The van der Waals surface area contributed by atoms with Crippen LogP contribution in [0.2, 0.25) is 0 Å². The van der Waals surface area contributed by atoms with Crippen molar-refractivity contribution in [1.82, 2.24) is 4.90 Å². The highest BCUT2D eigenvalue weighted by Crippen LogP contribution is 2.50. The highest BCUT2D eigenvalue weighted by atomic mass is 16.6. The zero-order chi connectivity index (χ0) is 18.5. The van der Waals surface area contributed by atoms with Gasteiger partial charge in [-0.15, -0.1) is 0 Å². The van der Waals surface area contributed by atoms with E-state index in [2.05, 4.69) is 4.90 Å². The summed E-state index contributed by atoms with van der Waals surface area (Å²) in [5.74, 6) is 3.65. The molecule has 2 unspecified atom stereocenters. The van der Waals surface area contributed by atoms with E-state index in [1.54, 1.807) is 12.1 Å². The summed E-state index contributed by atoms with van der Waals surface area (Å²) in [6.07, 6.45) is 12.0. The molecule has 6 rings (SSSR count). The van der Waals surface area contributed by atoms with Gasteiger partial charge < -0.3 is 4.90 Å². The average Bonchev–Trinajstić information content (AvgIpc) is 3.10. The summed E-state index contributed by atoms with van der Waals surface area (Å²) in [5, 5.41) is 11.1. The van der Waals surface area contributed by atoms with E-state index in [-0.39, 0.29) is 10.6 Å². The molecule has 0 aromatic heterocycles. The second-order valence-corrected chi connectivity index (χ2v) is 9.30. The van der Waals surface area contributed by atoms with Crippen molar-refractivity contribution in [3.63, 3.8) is 0 Å². The highest BCUT2D eigenvalue weighted by Gasteiger charge is 2.47. The van der Waals surface area contributed by atoms with Crippen LogP contribution < -0.4 is 0 Å². The standard InChI is InChI=1S/C22H29N3O2/c1-14-8-19(25(26)27)6-7-21(14)23-22-17-10-15-9-16(11-17)13-20(12-15)24(22)18-4-2-3-5-18/h6-8,15-18,20H,2-5,9-13H2,1H3. The first-order valence-corrected chi connectivity index (χ1v) is 10.7. The van der Waals surface area contributed by atoms with Crippen LogP contribution in [0.1, 0.15) is 63.4 Å². The molecule has 2 saturated heterocycles. The minimum Gasteiger partial charge on any atom is -0.354 e. The topological polar surface area (TPSA) is 58.7 Å². The SMILES string of the molecule is Cc1cc([N+](=O)[O-])ccc1N=C1C2CC3CC(C2)CC(C3)N1C1CCCC1. The molecule has 0 amide bonds. The van der Waals surface area contributed by atoms with Crippen LogP contribution in [-0.4, -0.2) is 27.7 Å². The van der Waals surface area contributed by atoms with Crippen molar-refractivity contribution in [3.8, 4) is 0 Å². The molecule has 2 aliphatic heterocycles. The van der Waals surface area contributed by atoms with Crippen LogP contribution in [-0.2, 0) is 0 Å². The van der Waals surface area contributed by atoms with Crippen molar-refractivity contribution >= 4 is 17.2 Å². The molecule has 2 heterocycles. The summed E-state index contributed by atoms with van der Waals surface area (Å²) in [5.41, 5.74) is 1.98. The van der Waals surface area contributed by atoms with Crippen LogP contribution >= 0.6 is 0 Å². The van der Waals surface area contributed by atoms with E-state index < -0.39 is 0 Å². The van der Waals surface area contributed by atoms with Gasteiger partial charge in [-0.3, -0.25) is 10.1 Å². The third-order valence-electron chi connectivity index (χ3n) is 7.48. The fourth-order valence-corrected chi connectivity index (χ4v) is 6.47. The summed E-state index contributed by atoms with van der Waals surface area (Å²) < 4.78 is 0. The number of nitrogens with zero attached hydrogens (tertiary/aromatic N) is 3. The van der Waals surface area contributed by atoms with E-state index in [0.717, 1.165) is 23.1 Å². The number of aliphatic imine (C=N–C) groups is 1. The minimum absolute atomic E-state index is 0.157. The van der Waals surface area contributed by atoms with Gasteiger partial charge in [0.1, 0.15) is 5.84 Å². The van der Waals surface area contributed by atoms with Gasteiger partial charge in [0.15, 0.2) is 0 Å². The van der Waals surface area contributed by atoms with Gasteiger partial charge in [-0.1, -0.05) is 12.8 Å². The number of hydrogen-bond acceptors (Lipinski definition) is 3. The second-order valence-electron chi connectivity index (χ2n) is 9.30. The van der Waals surface area contributed by atoms with Gasteiger partial charge in [0.25, 0.3) is 5.69 Å². The molecule has 3 aliphatic carbocycles. The highest BCUT2D eigenvalue weighted by molar-refractivity contribution is 5.89. The average molecular weight is 367 g/mol. The number of nitro groups is 1. The fourth-order valence-electron chi connectivity index (χ4n) is 6.47. The Bertz CT molecular complexity index is 770. The summed E-state index contributed by atoms with van der Waals surface area (Å²) in [6.45, 7) is 1.95. The molecule has 0 N–H and O–H groups in total. The Balaban J connectivity index is 1.57. The van der Waals surface area contributed by atoms with Crippen molar-refractivity contribution in [3.05, 3.63) is 33.9 Å². The molecule has 1 aromatic rings. The van der Waals surface area contributed by atoms with Crippen molar-refractivity contribution in [2.24, 2.45) is 22.7 Å². The van der Waals surface area contributed by atoms with Crippen LogP contribution in [0.4, 0.5) is 11.4 Å². The first-order chi connectivity index (χ1) is 13.1. The lowest BCUT2D eigenvalue weighted by Crippen LogP contribution is -2.46. The molecular formula is C22H29N3O2. The normalized spacial score (nSPS) is 34.4. The molecule has 27 heavy (non-hydrogen) atoms. The molecule has 5 nitrogen and oxygen atoms in total. The Morgan fingerprint density at radius 3 is 2.37 bits per heavy atom. The van der Waals surface area contributed by atoms with Gasteiger partial charge in [-0.05, 0) is 75.3 Å². The summed E-state index contributed by atoms with van der Waals surface area (Å²) >= 11 is 0. The lowest BCUT2D eigenvalue weighted by atomic mass is 9.68. The first-order valence-electron chi connectivity index (χ1n) is 10.7. The summed E-state index contributed by atoms with van der Waals surface area (Å²) in [7, 11) is 0. The zero-order valence-electron chi connectivity index (χ0n) is 16.1. The summed E-state index contributed by atoms with van der Waals surface area (Å²) in [6, 6.07) is 6.45.